The van der Waals surface area contributed by atoms with Crippen LogP contribution in [0.2, 0.25) is 0 Å². The van der Waals surface area contributed by atoms with Crippen LogP contribution in [0.25, 0.3) is 0 Å². The third kappa shape index (κ3) is 4.77. The topological polar surface area (TPSA) is 29.4 Å². The Hall–Kier alpha value is 0.400. The molecule has 0 saturated heterocycles. The van der Waals surface area contributed by atoms with Crippen LogP contribution in [0.4, 0.5) is 0 Å². The second kappa shape index (κ2) is 5.98. The quantitative estimate of drug-likeness (QED) is 0.664. The van der Waals surface area contributed by atoms with Crippen LogP contribution in [0.15, 0.2) is 4.36 Å². The molecule has 0 atom stereocenters. The van der Waals surface area contributed by atoms with Gasteiger partial charge in [0.25, 0.3) is 5.91 Å². The zero-order chi connectivity index (χ0) is 8.85. The van der Waals surface area contributed by atoms with E-state index in [9.17, 15) is 4.79 Å². The molecule has 0 heterocycles. The van der Waals surface area contributed by atoms with E-state index in [1.807, 2.05) is 13.8 Å². The highest BCUT2D eigenvalue weighted by Crippen LogP contribution is 2.04. The first-order chi connectivity index (χ1) is 5.11. The number of carbonyl (C=O) groups is 1. The summed E-state index contributed by atoms with van der Waals surface area (Å²) in [5, 5.41) is 0. The molecule has 1 amide bonds. The molecule has 0 fully saturated rings. The van der Waals surface area contributed by atoms with E-state index in [1.54, 1.807) is 0 Å². The molecule has 0 bridgehead atoms. The second-order valence-corrected chi connectivity index (χ2v) is 5.13. The molecule has 0 rings (SSSR count). The largest absolute Gasteiger partial charge is 0.284 e. The molecule has 0 aliphatic rings. The van der Waals surface area contributed by atoms with E-state index in [0.29, 0.717) is 0 Å². The number of rotatable bonds is 3. The zero-order valence-electron chi connectivity index (χ0n) is 6.51. The van der Waals surface area contributed by atoms with E-state index in [-0.39, 0.29) is 10.7 Å². The van der Waals surface area contributed by atoms with Crippen molar-refractivity contribution in [2.75, 3.05) is 11.5 Å². The van der Waals surface area contributed by atoms with Crippen LogP contribution >= 0.6 is 23.2 Å². The Kier molecular flexibility index (Phi) is 6.19. The predicted molar refractivity (Wildman–Crippen MR) is 51.4 cm³/mol. The van der Waals surface area contributed by atoms with Gasteiger partial charge in [-0.25, -0.2) is 0 Å². The first-order valence-electron chi connectivity index (χ1n) is 3.33. The highest BCUT2D eigenvalue weighted by Gasteiger charge is 2.09. The van der Waals surface area contributed by atoms with Gasteiger partial charge in [-0.1, -0.05) is 47.7 Å². The Bertz CT molecular complexity index is 164. The normalized spacial score (nSPS) is 10.7. The minimum Gasteiger partial charge on any atom is -0.269 e. The fourth-order valence-corrected chi connectivity index (χ4v) is 1.74. The maximum atomic E-state index is 10.8. The lowest BCUT2D eigenvalue weighted by molar-refractivity contribution is -0.116. The maximum Gasteiger partial charge on any atom is 0.284 e. The van der Waals surface area contributed by atoms with E-state index in [4.69, 9.17) is 23.2 Å². The van der Waals surface area contributed by atoms with E-state index in [1.165, 1.54) is 0 Å². The molecule has 5 heteroatoms. The molecule has 2 nitrogen and oxygen atoms in total. The number of halogens is 2. The molecule has 66 valence electrons. The monoisotopic (exact) mass is 215 g/mol. The summed E-state index contributed by atoms with van der Waals surface area (Å²) in [4.78, 5) is 9.85. The molecule has 0 aliphatic carbocycles. The van der Waals surface area contributed by atoms with Crippen LogP contribution in [0.3, 0.4) is 0 Å². The molecule has 11 heavy (non-hydrogen) atoms. The van der Waals surface area contributed by atoms with Crippen LogP contribution in [0.1, 0.15) is 13.8 Å². The van der Waals surface area contributed by atoms with Gasteiger partial charge in [0.2, 0.25) is 0 Å². The Balaban J connectivity index is 4.15. The Labute approximate surface area is 79.4 Å². The summed E-state index contributed by atoms with van der Waals surface area (Å²) < 4.78 is 3.84. The number of hydrogen-bond acceptors (Lipinski definition) is 1. The van der Waals surface area contributed by atoms with E-state index < -0.39 is 10.7 Å². The summed E-state index contributed by atoms with van der Waals surface area (Å²) in [5.74, 6) is 1.34. The summed E-state index contributed by atoms with van der Waals surface area (Å²) in [6.07, 6.45) is 0. The second-order valence-electron chi connectivity index (χ2n) is 1.77. The van der Waals surface area contributed by atoms with Gasteiger partial charge in [0.05, 0.1) is 0 Å². The SMILES string of the molecule is CCS(CC)=NC(=O)C(Cl)Cl. The van der Waals surface area contributed by atoms with Gasteiger partial charge in [-0.3, -0.25) is 4.79 Å². The molecule has 0 saturated carbocycles. The van der Waals surface area contributed by atoms with Crippen molar-refractivity contribution in [3.05, 3.63) is 0 Å². The van der Waals surface area contributed by atoms with Gasteiger partial charge in [-0.2, -0.15) is 4.36 Å². The van der Waals surface area contributed by atoms with Crippen LogP contribution in [0.5, 0.6) is 0 Å². The minimum atomic E-state index is -0.997. The van der Waals surface area contributed by atoms with Gasteiger partial charge < -0.3 is 0 Å². The summed E-state index contributed by atoms with van der Waals surface area (Å²) in [7, 11) is -0.183. The number of nitrogens with zero attached hydrogens (tertiary/aromatic N) is 1. The average Bonchev–Trinajstić information content (AvgIpc) is 1.99. The van der Waals surface area contributed by atoms with Gasteiger partial charge in [0, 0.05) is 11.5 Å². The molecule has 0 radical (unpaired) electrons. The summed E-state index contributed by atoms with van der Waals surface area (Å²) in [6, 6.07) is 0. The number of hydrogen-bond donors (Lipinski definition) is 0. The third-order valence-electron chi connectivity index (χ3n) is 1.07. The highest BCUT2D eigenvalue weighted by molar-refractivity contribution is 7.87. The average molecular weight is 216 g/mol. The van der Waals surface area contributed by atoms with Crippen molar-refractivity contribution < 1.29 is 4.79 Å². The number of alkyl halides is 2. The Morgan fingerprint density at radius 3 is 2.18 bits per heavy atom. The van der Waals surface area contributed by atoms with Gasteiger partial charge in [-0.05, 0) is 0 Å². The van der Waals surface area contributed by atoms with E-state index in [2.05, 4.69) is 4.36 Å². The first kappa shape index (κ1) is 11.4. The lowest BCUT2D eigenvalue weighted by Crippen LogP contribution is -2.07. The van der Waals surface area contributed by atoms with Crippen molar-refractivity contribution in [1.82, 2.24) is 0 Å². The number of carbonyl (C=O) groups excluding carboxylic acids is 1. The molecule has 0 aromatic rings. The van der Waals surface area contributed by atoms with Crippen LogP contribution < -0.4 is 0 Å². The molecule has 0 N–H and O–H groups in total. The Morgan fingerprint density at radius 1 is 1.45 bits per heavy atom. The standard InChI is InChI=1S/C6H11Cl2NOS/c1-3-11(4-2)9-6(10)5(7)8/h5H,3-4H2,1-2H3. The Morgan fingerprint density at radius 2 is 1.91 bits per heavy atom. The van der Waals surface area contributed by atoms with Crippen LogP contribution in [-0.2, 0) is 15.5 Å². The third-order valence-corrected chi connectivity index (χ3v) is 3.22. The van der Waals surface area contributed by atoms with Crippen LogP contribution in [-0.4, -0.2) is 22.2 Å². The molecule has 0 unspecified atom stereocenters. The molecular weight excluding hydrogens is 205 g/mol. The fraction of sp³-hybridized carbons (Fsp3) is 0.833. The van der Waals surface area contributed by atoms with E-state index in [0.717, 1.165) is 11.5 Å². The predicted octanol–water partition coefficient (Wildman–Crippen LogP) is 2.16. The molecule has 0 spiro atoms. The van der Waals surface area contributed by atoms with Crippen molar-refractivity contribution in [3.8, 4) is 0 Å². The van der Waals surface area contributed by atoms with Crippen molar-refractivity contribution in [1.29, 1.82) is 0 Å². The lowest BCUT2D eigenvalue weighted by Gasteiger charge is -1.99. The maximum absolute atomic E-state index is 10.8. The molecular formula is C6H11Cl2NOS. The van der Waals surface area contributed by atoms with Gasteiger partial charge in [-0.15, -0.1) is 0 Å². The zero-order valence-corrected chi connectivity index (χ0v) is 8.84. The van der Waals surface area contributed by atoms with Crippen LogP contribution in [0, 0.1) is 0 Å². The highest BCUT2D eigenvalue weighted by atomic mass is 35.5. The van der Waals surface area contributed by atoms with Crippen molar-refractivity contribution in [3.63, 3.8) is 0 Å². The van der Waals surface area contributed by atoms with Crippen molar-refractivity contribution in [2.45, 2.75) is 18.7 Å². The summed E-state index contributed by atoms with van der Waals surface area (Å²) in [5.41, 5.74) is 0. The smallest absolute Gasteiger partial charge is 0.269 e. The minimum absolute atomic E-state index is 0.183. The summed E-state index contributed by atoms with van der Waals surface area (Å²) >= 11 is 10.6. The molecule has 0 aliphatic heterocycles. The van der Waals surface area contributed by atoms with E-state index >= 15 is 0 Å². The van der Waals surface area contributed by atoms with Crippen molar-refractivity contribution >= 4 is 39.8 Å². The van der Waals surface area contributed by atoms with Gasteiger partial charge in [0.1, 0.15) is 0 Å². The van der Waals surface area contributed by atoms with Gasteiger partial charge >= 0.3 is 0 Å². The fourth-order valence-electron chi connectivity index (χ4n) is 0.500. The lowest BCUT2D eigenvalue weighted by atomic mass is 10.8. The molecule has 0 aromatic carbocycles. The number of amides is 1. The van der Waals surface area contributed by atoms with Gasteiger partial charge in [0.15, 0.2) is 4.84 Å². The first-order valence-corrected chi connectivity index (χ1v) is 5.72. The van der Waals surface area contributed by atoms with Crippen molar-refractivity contribution in [2.24, 2.45) is 4.36 Å². The summed E-state index contributed by atoms with van der Waals surface area (Å²) in [6.45, 7) is 3.97. The molecule has 0 aromatic heterocycles.